The molecule has 1 saturated heterocycles. The number of rotatable bonds is 4. The van der Waals surface area contributed by atoms with Crippen LogP contribution in [0.4, 0.5) is 20.2 Å². The summed E-state index contributed by atoms with van der Waals surface area (Å²) < 4.78 is 27.2. The Bertz CT molecular complexity index is 723. The molecular weight excluding hydrogens is 326 g/mol. The SMILES string of the molecule is CCN1CCN(c2ccc(C(=O)Nc3c(F)cccc3F)nc2)CC1. The molecule has 132 valence electrons. The Morgan fingerprint density at radius 1 is 1.12 bits per heavy atom. The average Bonchev–Trinajstić information content (AvgIpc) is 2.65. The van der Waals surface area contributed by atoms with Crippen LogP contribution in [0, 0.1) is 11.6 Å². The van der Waals surface area contributed by atoms with E-state index in [0.29, 0.717) is 0 Å². The summed E-state index contributed by atoms with van der Waals surface area (Å²) in [4.78, 5) is 20.9. The van der Waals surface area contributed by atoms with Crippen molar-refractivity contribution < 1.29 is 13.6 Å². The van der Waals surface area contributed by atoms with Gasteiger partial charge in [0, 0.05) is 26.2 Å². The highest BCUT2D eigenvalue weighted by Gasteiger charge is 2.18. The van der Waals surface area contributed by atoms with E-state index in [1.54, 1.807) is 18.3 Å². The first kappa shape index (κ1) is 17.3. The zero-order valence-electron chi connectivity index (χ0n) is 14.0. The van der Waals surface area contributed by atoms with Crippen molar-refractivity contribution in [3.63, 3.8) is 0 Å². The largest absolute Gasteiger partial charge is 0.368 e. The Labute approximate surface area is 145 Å². The van der Waals surface area contributed by atoms with Crippen molar-refractivity contribution in [3.05, 3.63) is 53.9 Å². The lowest BCUT2D eigenvalue weighted by Gasteiger charge is -2.35. The van der Waals surface area contributed by atoms with Crippen molar-refractivity contribution in [1.29, 1.82) is 0 Å². The standard InChI is InChI=1S/C18H20F2N4O/c1-2-23-8-10-24(11-9-23)13-6-7-16(21-12-13)18(25)22-17-14(19)4-3-5-15(17)20/h3-7,12H,2,8-11H2,1H3,(H,22,25). The summed E-state index contributed by atoms with van der Waals surface area (Å²) in [6.07, 6.45) is 1.62. The molecule has 1 aromatic carbocycles. The van der Waals surface area contributed by atoms with Crippen LogP contribution in [0.1, 0.15) is 17.4 Å². The number of benzene rings is 1. The number of amides is 1. The lowest BCUT2D eigenvalue weighted by molar-refractivity contribution is 0.102. The lowest BCUT2D eigenvalue weighted by Crippen LogP contribution is -2.46. The van der Waals surface area contributed by atoms with Gasteiger partial charge in [-0.05, 0) is 30.8 Å². The molecule has 0 unspecified atom stereocenters. The van der Waals surface area contributed by atoms with Gasteiger partial charge in [0.2, 0.25) is 0 Å². The van der Waals surface area contributed by atoms with Crippen LogP contribution >= 0.6 is 0 Å². The monoisotopic (exact) mass is 346 g/mol. The number of hydrogen-bond acceptors (Lipinski definition) is 4. The summed E-state index contributed by atoms with van der Waals surface area (Å²) in [6, 6.07) is 6.79. The highest BCUT2D eigenvalue weighted by atomic mass is 19.1. The molecule has 1 aliphatic heterocycles. The minimum atomic E-state index is -0.821. The molecule has 5 nitrogen and oxygen atoms in total. The van der Waals surface area contributed by atoms with Crippen molar-refractivity contribution in [3.8, 4) is 0 Å². The number of carbonyl (C=O) groups is 1. The first-order chi connectivity index (χ1) is 12.1. The molecule has 1 amide bonds. The fraction of sp³-hybridized carbons (Fsp3) is 0.333. The van der Waals surface area contributed by atoms with Gasteiger partial charge in [0.15, 0.2) is 0 Å². The molecule has 1 fully saturated rings. The number of halogens is 2. The van der Waals surface area contributed by atoms with Crippen molar-refractivity contribution in [2.75, 3.05) is 42.9 Å². The van der Waals surface area contributed by atoms with Crippen molar-refractivity contribution in [1.82, 2.24) is 9.88 Å². The molecule has 0 radical (unpaired) electrons. The molecule has 2 heterocycles. The molecular formula is C18H20F2N4O. The number of hydrogen-bond donors (Lipinski definition) is 1. The summed E-state index contributed by atoms with van der Waals surface area (Å²) in [5.41, 5.74) is 0.581. The quantitative estimate of drug-likeness (QED) is 0.925. The number of likely N-dealkylation sites (N-methyl/N-ethyl adjacent to an activating group) is 1. The van der Waals surface area contributed by atoms with Gasteiger partial charge in [-0.15, -0.1) is 0 Å². The van der Waals surface area contributed by atoms with Crippen LogP contribution in [0.15, 0.2) is 36.5 Å². The van der Waals surface area contributed by atoms with Crippen molar-refractivity contribution in [2.45, 2.75) is 6.92 Å². The maximum atomic E-state index is 13.6. The van der Waals surface area contributed by atoms with Crippen LogP contribution in [-0.2, 0) is 0 Å². The zero-order valence-corrected chi connectivity index (χ0v) is 14.0. The Hall–Kier alpha value is -2.54. The van der Waals surface area contributed by atoms with Crippen LogP contribution in [-0.4, -0.2) is 48.5 Å². The van der Waals surface area contributed by atoms with Crippen molar-refractivity contribution in [2.24, 2.45) is 0 Å². The molecule has 1 aliphatic rings. The second kappa shape index (κ2) is 7.57. The predicted molar refractivity (Wildman–Crippen MR) is 92.9 cm³/mol. The van der Waals surface area contributed by atoms with Gasteiger partial charge < -0.3 is 15.1 Å². The predicted octanol–water partition coefficient (Wildman–Crippen LogP) is 2.75. The number of anilines is 2. The van der Waals surface area contributed by atoms with Gasteiger partial charge in [0.05, 0.1) is 11.9 Å². The number of piperazine rings is 1. The maximum Gasteiger partial charge on any atom is 0.274 e. The minimum absolute atomic E-state index is 0.110. The van der Waals surface area contributed by atoms with Gasteiger partial charge in [-0.2, -0.15) is 0 Å². The Morgan fingerprint density at radius 3 is 2.36 bits per heavy atom. The lowest BCUT2D eigenvalue weighted by atomic mass is 10.2. The number of nitrogens with zero attached hydrogens (tertiary/aromatic N) is 3. The number of pyridine rings is 1. The molecule has 25 heavy (non-hydrogen) atoms. The van der Waals surface area contributed by atoms with Gasteiger partial charge in [-0.3, -0.25) is 4.79 Å². The van der Waals surface area contributed by atoms with Crippen LogP contribution in [0.2, 0.25) is 0 Å². The zero-order chi connectivity index (χ0) is 17.8. The van der Waals surface area contributed by atoms with Crippen LogP contribution in [0.3, 0.4) is 0 Å². The first-order valence-electron chi connectivity index (χ1n) is 8.27. The molecule has 0 aliphatic carbocycles. The molecule has 1 aromatic heterocycles. The number of carbonyl (C=O) groups excluding carboxylic acids is 1. The summed E-state index contributed by atoms with van der Waals surface area (Å²) in [7, 11) is 0. The average molecular weight is 346 g/mol. The van der Waals surface area contributed by atoms with E-state index in [1.165, 1.54) is 6.07 Å². The van der Waals surface area contributed by atoms with Crippen LogP contribution in [0.5, 0.6) is 0 Å². The second-order valence-electron chi connectivity index (χ2n) is 5.87. The first-order valence-corrected chi connectivity index (χ1v) is 8.27. The van der Waals surface area contributed by atoms with E-state index in [9.17, 15) is 13.6 Å². The minimum Gasteiger partial charge on any atom is -0.368 e. The molecule has 1 N–H and O–H groups in total. The second-order valence-corrected chi connectivity index (χ2v) is 5.87. The third kappa shape index (κ3) is 3.93. The molecule has 0 spiro atoms. The summed E-state index contributed by atoms with van der Waals surface area (Å²) in [5.74, 6) is -2.29. The fourth-order valence-corrected chi connectivity index (χ4v) is 2.82. The normalized spacial score (nSPS) is 15.2. The van der Waals surface area contributed by atoms with Gasteiger partial charge in [-0.25, -0.2) is 13.8 Å². The Balaban J connectivity index is 1.67. The van der Waals surface area contributed by atoms with Crippen molar-refractivity contribution >= 4 is 17.3 Å². The van der Waals surface area contributed by atoms with Crippen LogP contribution in [0.25, 0.3) is 0 Å². The van der Waals surface area contributed by atoms with Gasteiger partial charge in [0.25, 0.3) is 5.91 Å². The highest BCUT2D eigenvalue weighted by Crippen LogP contribution is 2.20. The van der Waals surface area contributed by atoms with E-state index >= 15 is 0 Å². The molecule has 7 heteroatoms. The van der Waals surface area contributed by atoms with E-state index < -0.39 is 23.2 Å². The third-order valence-electron chi connectivity index (χ3n) is 4.37. The molecule has 3 rings (SSSR count). The topological polar surface area (TPSA) is 48.5 Å². The smallest absolute Gasteiger partial charge is 0.274 e. The fourth-order valence-electron chi connectivity index (χ4n) is 2.82. The van der Waals surface area contributed by atoms with E-state index in [1.807, 2.05) is 0 Å². The Kier molecular flexibility index (Phi) is 5.23. The summed E-state index contributed by atoms with van der Waals surface area (Å²) in [6.45, 7) is 6.97. The highest BCUT2D eigenvalue weighted by molar-refractivity contribution is 6.03. The Morgan fingerprint density at radius 2 is 1.80 bits per heavy atom. The van der Waals surface area contributed by atoms with Gasteiger partial charge in [0.1, 0.15) is 23.0 Å². The van der Waals surface area contributed by atoms with E-state index in [4.69, 9.17) is 0 Å². The molecule has 2 aromatic rings. The van der Waals surface area contributed by atoms with E-state index in [2.05, 4.69) is 27.0 Å². The summed E-state index contributed by atoms with van der Waals surface area (Å²) >= 11 is 0. The van der Waals surface area contributed by atoms with Gasteiger partial charge in [-0.1, -0.05) is 13.0 Å². The third-order valence-corrected chi connectivity index (χ3v) is 4.37. The summed E-state index contributed by atoms with van der Waals surface area (Å²) in [5, 5.41) is 2.24. The van der Waals surface area contributed by atoms with E-state index in [0.717, 1.165) is 50.5 Å². The molecule has 0 bridgehead atoms. The number of para-hydroxylation sites is 1. The van der Waals surface area contributed by atoms with E-state index in [-0.39, 0.29) is 5.69 Å². The molecule has 0 saturated carbocycles. The van der Waals surface area contributed by atoms with Crippen LogP contribution < -0.4 is 10.2 Å². The number of nitrogens with one attached hydrogen (secondary N) is 1. The number of aromatic nitrogens is 1. The maximum absolute atomic E-state index is 13.6. The molecule has 0 atom stereocenters. The van der Waals surface area contributed by atoms with Gasteiger partial charge >= 0.3 is 0 Å².